The predicted molar refractivity (Wildman–Crippen MR) is 112 cm³/mol. The predicted octanol–water partition coefficient (Wildman–Crippen LogP) is 3.03. The molecule has 6 heteroatoms. The topological polar surface area (TPSA) is 77.8 Å². The molecule has 0 aromatic heterocycles. The number of hydrogen-bond donors (Lipinski definition) is 2. The normalized spacial score (nSPS) is 20.8. The number of fused-ring (bicyclic) bond motifs is 1. The molecule has 0 amide bonds. The van der Waals surface area contributed by atoms with E-state index in [2.05, 4.69) is 47.4 Å². The van der Waals surface area contributed by atoms with Gasteiger partial charge in [-0.25, -0.2) is 0 Å². The quantitative estimate of drug-likeness (QED) is 0.768. The molecule has 0 heterocycles. The first-order chi connectivity index (χ1) is 13.1. The van der Waals surface area contributed by atoms with Crippen molar-refractivity contribution >= 4 is 10.1 Å². The van der Waals surface area contributed by atoms with Crippen molar-refractivity contribution < 1.29 is 18.1 Å². The first-order valence-electron chi connectivity index (χ1n) is 9.61. The summed E-state index contributed by atoms with van der Waals surface area (Å²) in [6.07, 6.45) is 3.68. The molecule has 2 aromatic rings. The van der Waals surface area contributed by atoms with Crippen molar-refractivity contribution in [2.75, 3.05) is 26.9 Å². The third-order valence-electron chi connectivity index (χ3n) is 5.48. The summed E-state index contributed by atoms with van der Waals surface area (Å²) >= 11 is 0. The van der Waals surface area contributed by atoms with Crippen LogP contribution in [0.5, 0.6) is 0 Å². The van der Waals surface area contributed by atoms with Crippen LogP contribution >= 0.6 is 0 Å². The fraction of sp³-hybridized carbons (Fsp3) is 0.455. The molecule has 3 aliphatic rings. The van der Waals surface area contributed by atoms with Crippen LogP contribution in [0.1, 0.15) is 52.5 Å². The maximum atomic E-state index is 10.4. The van der Waals surface area contributed by atoms with Gasteiger partial charge in [0, 0.05) is 18.4 Å². The second kappa shape index (κ2) is 8.33. The van der Waals surface area contributed by atoms with Gasteiger partial charge < -0.3 is 10.0 Å². The molecular weight excluding hydrogens is 374 g/mol. The molecule has 3 unspecified atom stereocenters. The summed E-state index contributed by atoms with van der Waals surface area (Å²) in [4.78, 5) is 2.06. The zero-order valence-electron chi connectivity index (χ0n) is 16.7. The lowest BCUT2D eigenvalue weighted by Gasteiger charge is -2.41. The SMILES string of the molecule is CN(C)CC(O)Cc1cccc2c1C1CCC2c2ccccc21.CS(=O)(=O)O. The molecule has 3 aliphatic carbocycles. The second-order valence-electron chi connectivity index (χ2n) is 8.08. The largest absolute Gasteiger partial charge is 0.391 e. The van der Waals surface area contributed by atoms with Crippen molar-refractivity contribution in [2.24, 2.45) is 0 Å². The maximum Gasteiger partial charge on any atom is 0.261 e. The number of benzene rings is 2. The van der Waals surface area contributed by atoms with Gasteiger partial charge in [0.25, 0.3) is 10.1 Å². The Balaban J connectivity index is 0.000000403. The van der Waals surface area contributed by atoms with Crippen LogP contribution in [0.3, 0.4) is 0 Å². The number of likely N-dealkylation sites (N-methyl/N-ethyl adjacent to an activating group) is 1. The van der Waals surface area contributed by atoms with Gasteiger partial charge in [0.1, 0.15) is 0 Å². The van der Waals surface area contributed by atoms with Crippen LogP contribution in [0.15, 0.2) is 42.5 Å². The minimum atomic E-state index is -3.67. The van der Waals surface area contributed by atoms with Crippen LogP contribution < -0.4 is 0 Å². The van der Waals surface area contributed by atoms with Crippen LogP contribution in [0, 0.1) is 0 Å². The van der Waals surface area contributed by atoms with E-state index in [1.165, 1.54) is 40.7 Å². The van der Waals surface area contributed by atoms with Crippen LogP contribution in [-0.4, -0.2) is 56.0 Å². The Morgan fingerprint density at radius 3 is 2.14 bits per heavy atom. The standard InChI is InChI=1S/C21H25NO.CH4O3S/c1-22(2)13-15(23)12-14-6-5-9-19-18-10-11-20(21(14)19)17-8-4-3-7-16(17)18;1-5(2,3)4/h3-9,15,18,20,23H,10-13H2,1-2H3;1H3,(H,2,3,4). The van der Waals surface area contributed by atoms with Gasteiger partial charge in [-0.3, -0.25) is 4.55 Å². The Morgan fingerprint density at radius 2 is 1.54 bits per heavy atom. The Hall–Kier alpha value is -1.73. The zero-order chi connectivity index (χ0) is 20.5. The van der Waals surface area contributed by atoms with Crippen molar-refractivity contribution in [2.45, 2.75) is 37.2 Å². The molecular formula is C22H29NO4S. The van der Waals surface area contributed by atoms with E-state index in [-0.39, 0.29) is 6.10 Å². The highest BCUT2D eigenvalue weighted by Gasteiger charge is 2.38. The van der Waals surface area contributed by atoms with E-state index in [1.54, 1.807) is 0 Å². The van der Waals surface area contributed by atoms with Gasteiger partial charge in [-0.2, -0.15) is 8.42 Å². The Kier molecular flexibility index (Phi) is 6.25. The highest BCUT2D eigenvalue weighted by molar-refractivity contribution is 7.85. The minimum Gasteiger partial charge on any atom is -0.391 e. The van der Waals surface area contributed by atoms with Crippen LogP contribution in [0.4, 0.5) is 0 Å². The lowest BCUT2D eigenvalue weighted by atomic mass is 9.62. The second-order valence-corrected chi connectivity index (χ2v) is 9.55. The zero-order valence-corrected chi connectivity index (χ0v) is 17.5. The van der Waals surface area contributed by atoms with Crippen LogP contribution in [0.25, 0.3) is 0 Å². The van der Waals surface area contributed by atoms with Crippen molar-refractivity contribution in [1.29, 1.82) is 0 Å². The summed E-state index contributed by atoms with van der Waals surface area (Å²) in [5, 5.41) is 10.4. The van der Waals surface area contributed by atoms with Crippen molar-refractivity contribution in [3.63, 3.8) is 0 Å². The van der Waals surface area contributed by atoms with Gasteiger partial charge >= 0.3 is 0 Å². The molecule has 2 aromatic carbocycles. The molecule has 0 spiro atoms. The smallest absolute Gasteiger partial charge is 0.261 e. The minimum absolute atomic E-state index is 0.299. The molecule has 3 atom stereocenters. The lowest BCUT2D eigenvalue weighted by Crippen LogP contribution is -2.30. The summed E-state index contributed by atoms with van der Waals surface area (Å²) in [6, 6.07) is 15.7. The molecule has 28 heavy (non-hydrogen) atoms. The third-order valence-corrected chi connectivity index (χ3v) is 5.48. The van der Waals surface area contributed by atoms with Gasteiger partial charge in [-0.1, -0.05) is 42.5 Å². The van der Waals surface area contributed by atoms with Gasteiger partial charge in [0.15, 0.2) is 0 Å². The molecule has 0 saturated carbocycles. The molecule has 0 radical (unpaired) electrons. The first-order valence-corrected chi connectivity index (χ1v) is 11.5. The van der Waals surface area contributed by atoms with Gasteiger partial charge in [-0.05, 0) is 61.2 Å². The number of aliphatic hydroxyl groups is 1. The summed E-state index contributed by atoms with van der Waals surface area (Å²) < 4.78 is 25.9. The Bertz CT molecular complexity index is 931. The fourth-order valence-corrected chi connectivity index (χ4v) is 4.69. The summed E-state index contributed by atoms with van der Waals surface area (Å²) in [6.45, 7) is 0.717. The van der Waals surface area contributed by atoms with E-state index in [0.29, 0.717) is 24.6 Å². The molecule has 5 rings (SSSR count). The average molecular weight is 404 g/mol. The molecule has 0 aliphatic heterocycles. The number of nitrogens with zero attached hydrogens (tertiary/aromatic N) is 1. The summed E-state index contributed by atoms with van der Waals surface area (Å²) in [7, 11) is 0.365. The highest BCUT2D eigenvalue weighted by Crippen LogP contribution is 2.53. The van der Waals surface area contributed by atoms with Crippen LogP contribution in [-0.2, 0) is 16.5 Å². The monoisotopic (exact) mass is 403 g/mol. The van der Waals surface area contributed by atoms with E-state index in [9.17, 15) is 13.5 Å². The number of aliphatic hydroxyl groups excluding tert-OH is 1. The number of rotatable bonds is 4. The average Bonchev–Trinajstić information content (AvgIpc) is 2.60. The van der Waals surface area contributed by atoms with E-state index in [0.717, 1.165) is 6.42 Å². The fourth-order valence-electron chi connectivity index (χ4n) is 4.69. The molecule has 0 saturated heterocycles. The van der Waals surface area contributed by atoms with E-state index in [4.69, 9.17) is 4.55 Å². The molecule has 0 fully saturated rings. The lowest BCUT2D eigenvalue weighted by molar-refractivity contribution is 0.136. The molecule has 5 nitrogen and oxygen atoms in total. The van der Waals surface area contributed by atoms with Gasteiger partial charge in [0.05, 0.1) is 12.4 Å². The summed E-state index contributed by atoms with van der Waals surface area (Å²) in [5.41, 5.74) is 7.42. The van der Waals surface area contributed by atoms with Crippen molar-refractivity contribution in [3.8, 4) is 0 Å². The molecule has 2 bridgehead atoms. The van der Waals surface area contributed by atoms with E-state index < -0.39 is 10.1 Å². The van der Waals surface area contributed by atoms with E-state index >= 15 is 0 Å². The highest BCUT2D eigenvalue weighted by atomic mass is 32.2. The third kappa shape index (κ3) is 4.81. The number of hydrogen-bond acceptors (Lipinski definition) is 4. The Labute approximate surface area is 167 Å². The maximum absolute atomic E-state index is 10.4. The van der Waals surface area contributed by atoms with Crippen LogP contribution in [0.2, 0.25) is 0 Å². The summed E-state index contributed by atoms with van der Waals surface area (Å²) in [5.74, 6) is 1.08. The van der Waals surface area contributed by atoms with Gasteiger partial charge in [0.2, 0.25) is 0 Å². The molecule has 152 valence electrons. The molecule has 2 N–H and O–H groups in total. The van der Waals surface area contributed by atoms with Crippen molar-refractivity contribution in [1.82, 2.24) is 4.90 Å². The first kappa shape index (κ1) is 21.0. The van der Waals surface area contributed by atoms with Gasteiger partial charge in [-0.15, -0.1) is 0 Å². The Morgan fingerprint density at radius 1 is 1.00 bits per heavy atom. The van der Waals surface area contributed by atoms with E-state index in [1.807, 2.05) is 14.1 Å². The van der Waals surface area contributed by atoms with Crippen molar-refractivity contribution in [3.05, 3.63) is 70.3 Å².